The highest BCUT2D eigenvalue weighted by molar-refractivity contribution is 7.91. The molecule has 0 radical (unpaired) electrons. The van der Waals surface area contributed by atoms with Crippen LogP contribution in [-0.2, 0) is 11.2 Å². The molecule has 1 aromatic heterocycles. The minimum absolute atomic E-state index is 0.0270. The van der Waals surface area contributed by atoms with Crippen LogP contribution >= 0.6 is 11.3 Å². The first-order valence-corrected chi connectivity index (χ1v) is 5.67. The number of Topliss-reactive ketones (excluding diaryl/α,β-unsaturated/α-hetero) is 1. The van der Waals surface area contributed by atoms with Crippen molar-refractivity contribution >= 4 is 28.3 Å². The molecule has 1 aromatic rings. The molecule has 60 valence electrons. The van der Waals surface area contributed by atoms with Gasteiger partial charge in [0.1, 0.15) is 0 Å². The molecule has 0 spiro atoms. The molecule has 11 heavy (non-hydrogen) atoms. The number of ketones is 1. The fourth-order valence-electron chi connectivity index (χ4n) is 0.693. The zero-order valence-corrected chi connectivity index (χ0v) is 7.71. The molecule has 4 heteroatoms. The summed E-state index contributed by atoms with van der Waals surface area (Å²) < 4.78 is 10.6. The van der Waals surface area contributed by atoms with Crippen LogP contribution in [0.5, 0.6) is 0 Å². The van der Waals surface area contributed by atoms with Crippen LogP contribution in [0.1, 0.15) is 9.67 Å². The van der Waals surface area contributed by atoms with Gasteiger partial charge in [-0.3, -0.25) is 4.79 Å². The molecule has 1 atom stereocenters. The van der Waals surface area contributed by atoms with Gasteiger partial charge in [0.25, 0.3) is 0 Å². The van der Waals surface area contributed by atoms with Crippen molar-refractivity contribution in [1.82, 2.24) is 0 Å². The minimum Gasteiger partial charge on any atom is -0.616 e. The standard InChI is InChI=1S/C7H8O2S2/c1-11(9)5-6(8)7-3-2-4-10-7/h2-4H,5H2,1H3. The first kappa shape index (κ1) is 8.77. The Morgan fingerprint density at radius 3 is 3.00 bits per heavy atom. The van der Waals surface area contributed by atoms with Gasteiger partial charge in [-0.05, 0) is 22.6 Å². The summed E-state index contributed by atoms with van der Waals surface area (Å²) in [4.78, 5) is 11.8. The molecule has 0 bridgehead atoms. The van der Waals surface area contributed by atoms with Crippen LogP contribution in [-0.4, -0.2) is 22.3 Å². The second kappa shape index (κ2) is 3.90. The lowest BCUT2D eigenvalue weighted by Crippen LogP contribution is -2.13. The lowest BCUT2D eigenvalue weighted by atomic mass is 10.4. The Kier molecular flexibility index (Phi) is 3.11. The molecule has 0 amide bonds. The Morgan fingerprint density at radius 1 is 1.82 bits per heavy atom. The zero-order valence-electron chi connectivity index (χ0n) is 6.07. The van der Waals surface area contributed by atoms with Crippen molar-refractivity contribution in [2.75, 3.05) is 12.0 Å². The van der Waals surface area contributed by atoms with E-state index in [0.717, 1.165) is 0 Å². The van der Waals surface area contributed by atoms with E-state index in [2.05, 4.69) is 0 Å². The first-order chi connectivity index (χ1) is 5.20. The van der Waals surface area contributed by atoms with Crippen LogP contribution in [0.4, 0.5) is 0 Å². The van der Waals surface area contributed by atoms with Gasteiger partial charge < -0.3 is 4.55 Å². The minimum atomic E-state index is -1.02. The Labute approximate surface area is 72.4 Å². The van der Waals surface area contributed by atoms with Crippen LogP contribution in [0.15, 0.2) is 17.5 Å². The second-order valence-electron chi connectivity index (χ2n) is 2.12. The largest absolute Gasteiger partial charge is 0.616 e. The van der Waals surface area contributed by atoms with E-state index in [1.807, 2.05) is 11.4 Å². The average Bonchev–Trinajstić information content (AvgIpc) is 2.35. The molecule has 0 aliphatic rings. The van der Waals surface area contributed by atoms with Crippen molar-refractivity contribution in [3.05, 3.63) is 22.4 Å². The van der Waals surface area contributed by atoms with Crippen LogP contribution in [0.25, 0.3) is 0 Å². The summed E-state index contributed by atoms with van der Waals surface area (Å²) in [5.41, 5.74) is 0. The first-order valence-electron chi connectivity index (χ1n) is 3.07. The smallest absolute Gasteiger partial charge is 0.221 e. The van der Waals surface area contributed by atoms with Crippen molar-refractivity contribution in [2.45, 2.75) is 0 Å². The van der Waals surface area contributed by atoms with Crippen molar-refractivity contribution in [2.24, 2.45) is 0 Å². The molecule has 1 rings (SSSR count). The van der Waals surface area contributed by atoms with E-state index in [1.165, 1.54) is 17.6 Å². The predicted molar refractivity (Wildman–Crippen MR) is 47.6 cm³/mol. The van der Waals surface area contributed by atoms with Crippen molar-refractivity contribution in [3.8, 4) is 0 Å². The number of thiophene rings is 1. The molecule has 1 heterocycles. The quantitative estimate of drug-likeness (QED) is 0.530. The normalized spacial score (nSPS) is 12.9. The van der Waals surface area contributed by atoms with Crippen molar-refractivity contribution < 1.29 is 9.35 Å². The highest BCUT2D eigenvalue weighted by Crippen LogP contribution is 2.09. The molecule has 0 aliphatic heterocycles. The van der Waals surface area contributed by atoms with Gasteiger partial charge in [-0.15, -0.1) is 11.3 Å². The van der Waals surface area contributed by atoms with Crippen molar-refractivity contribution in [1.29, 1.82) is 0 Å². The summed E-state index contributed by atoms with van der Waals surface area (Å²) in [6.07, 6.45) is 1.53. The zero-order chi connectivity index (χ0) is 8.27. The highest BCUT2D eigenvalue weighted by Gasteiger charge is 2.11. The molecule has 1 unspecified atom stereocenters. The number of hydrogen-bond acceptors (Lipinski definition) is 3. The van der Waals surface area contributed by atoms with Gasteiger partial charge in [0.2, 0.25) is 5.78 Å². The van der Waals surface area contributed by atoms with Gasteiger partial charge in [-0.25, -0.2) is 0 Å². The molecule has 0 aliphatic carbocycles. The molecule has 0 fully saturated rings. The summed E-state index contributed by atoms with van der Waals surface area (Å²) in [7, 11) is 0. The number of hydrogen-bond donors (Lipinski definition) is 0. The molecule has 2 nitrogen and oxygen atoms in total. The number of carbonyl (C=O) groups is 1. The van der Waals surface area contributed by atoms with Crippen molar-refractivity contribution in [3.63, 3.8) is 0 Å². The predicted octanol–water partition coefficient (Wildman–Crippen LogP) is 1.31. The summed E-state index contributed by atoms with van der Waals surface area (Å²) in [6.45, 7) is 0. The van der Waals surface area contributed by atoms with E-state index in [4.69, 9.17) is 0 Å². The Hall–Kier alpha value is -0.320. The Morgan fingerprint density at radius 2 is 2.55 bits per heavy atom. The topological polar surface area (TPSA) is 40.1 Å². The monoisotopic (exact) mass is 188 g/mol. The third-order valence-corrected chi connectivity index (χ3v) is 2.71. The van der Waals surface area contributed by atoms with E-state index in [9.17, 15) is 9.35 Å². The fraction of sp³-hybridized carbons (Fsp3) is 0.286. The maximum Gasteiger partial charge on any atom is 0.221 e. The van der Waals surface area contributed by atoms with E-state index in [0.29, 0.717) is 4.88 Å². The van der Waals surface area contributed by atoms with Gasteiger partial charge >= 0.3 is 0 Å². The van der Waals surface area contributed by atoms with Crippen LogP contribution in [0.2, 0.25) is 0 Å². The Balaban J connectivity index is 2.57. The van der Waals surface area contributed by atoms with E-state index < -0.39 is 11.2 Å². The molecule has 0 N–H and O–H groups in total. The molecule has 0 aromatic carbocycles. The van der Waals surface area contributed by atoms with Gasteiger partial charge in [-0.2, -0.15) is 0 Å². The molecular formula is C7H8O2S2. The van der Waals surface area contributed by atoms with E-state index in [-0.39, 0.29) is 11.5 Å². The van der Waals surface area contributed by atoms with Gasteiger partial charge in [0.15, 0.2) is 5.75 Å². The van der Waals surface area contributed by atoms with Gasteiger partial charge in [0.05, 0.1) is 11.1 Å². The Bertz CT molecular complexity index is 229. The van der Waals surface area contributed by atoms with E-state index in [1.54, 1.807) is 6.07 Å². The summed E-state index contributed by atoms with van der Waals surface area (Å²) in [5, 5.41) is 1.84. The van der Waals surface area contributed by atoms with E-state index >= 15 is 0 Å². The molecule has 0 saturated heterocycles. The number of rotatable bonds is 3. The number of carbonyl (C=O) groups excluding carboxylic acids is 1. The molecule has 0 saturated carbocycles. The maximum absolute atomic E-state index is 11.1. The average molecular weight is 188 g/mol. The summed E-state index contributed by atoms with van der Waals surface area (Å²) in [5.74, 6) is 0.112. The van der Waals surface area contributed by atoms with Crippen LogP contribution in [0.3, 0.4) is 0 Å². The highest BCUT2D eigenvalue weighted by atomic mass is 32.2. The fourth-order valence-corrected chi connectivity index (χ4v) is 1.97. The lowest BCUT2D eigenvalue weighted by molar-refractivity contribution is 0.102. The lowest BCUT2D eigenvalue weighted by Gasteiger charge is -2.01. The second-order valence-corrected chi connectivity index (χ2v) is 4.50. The third kappa shape index (κ3) is 2.65. The summed E-state index contributed by atoms with van der Waals surface area (Å²) >= 11 is 0.366. The molecular weight excluding hydrogens is 180 g/mol. The van der Waals surface area contributed by atoms with Gasteiger partial charge in [-0.1, -0.05) is 6.07 Å². The van der Waals surface area contributed by atoms with Gasteiger partial charge in [0, 0.05) is 0 Å². The van der Waals surface area contributed by atoms with Crippen LogP contribution in [0, 0.1) is 0 Å². The third-order valence-electron chi connectivity index (χ3n) is 1.13. The summed E-state index contributed by atoms with van der Waals surface area (Å²) in [6, 6.07) is 3.57. The maximum atomic E-state index is 11.1. The SMILES string of the molecule is C[S+]([O-])CC(=O)c1cccs1. The van der Waals surface area contributed by atoms with Crippen LogP contribution < -0.4 is 0 Å².